The van der Waals surface area contributed by atoms with Gasteiger partial charge in [0, 0.05) is 11.0 Å². The normalized spacial score (nSPS) is 16.9. The molecule has 0 unspecified atom stereocenters. The molecule has 1 saturated heterocycles. The second-order valence-corrected chi connectivity index (χ2v) is 7.54. The predicted molar refractivity (Wildman–Crippen MR) is 112 cm³/mol. The number of aromatic carboxylic acids is 1. The first-order chi connectivity index (χ1) is 13.0. The Morgan fingerprint density at radius 3 is 2.44 bits per heavy atom. The highest BCUT2D eigenvalue weighted by Crippen LogP contribution is 2.34. The highest BCUT2D eigenvalue weighted by Gasteiger charge is 2.32. The van der Waals surface area contributed by atoms with Crippen LogP contribution in [0.15, 0.2) is 75.6 Å². The molecule has 136 valence electrons. The number of amidine groups is 1. The molecule has 1 heterocycles. The van der Waals surface area contributed by atoms with Crippen LogP contribution in [0.4, 0.5) is 5.69 Å². The largest absolute Gasteiger partial charge is 0.478 e. The summed E-state index contributed by atoms with van der Waals surface area (Å²) in [6.45, 7) is 4.04. The Labute approximate surface area is 169 Å². The Kier molecular flexibility index (Phi) is 5.93. The zero-order valence-electron chi connectivity index (χ0n) is 14.1. The molecule has 2 aromatic carbocycles. The van der Waals surface area contributed by atoms with Gasteiger partial charge in [-0.05, 0) is 59.8 Å². The number of halogens is 1. The summed E-state index contributed by atoms with van der Waals surface area (Å²) in [4.78, 5) is 30.3. The van der Waals surface area contributed by atoms with Gasteiger partial charge in [0.1, 0.15) is 0 Å². The first kappa shape index (κ1) is 19.1. The maximum Gasteiger partial charge on any atom is 0.335 e. The van der Waals surface area contributed by atoms with Crippen LogP contribution in [0.3, 0.4) is 0 Å². The van der Waals surface area contributed by atoms with Gasteiger partial charge in [-0.1, -0.05) is 34.1 Å². The van der Waals surface area contributed by atoms with Gasteiger partial charge in [-0.25, -0.2) is 9.79 Å². The Morgan fingerprint density at radius 1 is 1.19 bits per heavy atom. The van der Waals surface area contributed by atoms with Crippen molar-refractivity contribution < 1.29 is 14.7 Å². The zero-order chi connectivity index (χ0) is 19.4. The maximum absolute atomic E-state index is 12.7. The smallest absolute Gasteiger partial charge is 0.335 e. The minimum absolute atomic E-state index is 0.135. The second kappa shape index (κ2) is 8.37. The lowest BCUT2D eigenvalue weighted by atomic mass is 10.2. The van der Waals surface area contributed by atoms with Crippen LogP contribution in [0.2, 0.25) is 0 Å². The molecule has 1 N–H and O–H groups in total. The Morgan fingerprint density at radius 2 is 1.85 bits per heavy atom. The van der Waals surface area contributed by atoms with E-state index in [9.17, 15) is 9.59 Å². The minimum atomic E-state index is -0.993. The molecular weight excluding hydrogens is 428 g/mol. The van der Waals surface area contributed by atoms with Crippen LogP contribution < -0.4 is 0 Å². The molecule has 0 bridgehead atoms. The summed E-state index contributed by atoms with van der Waals surface area (Å²) in [7, 11) is 0. The highest BCUT2D eigenvalue weighted by molar-refractivity contribution is 9.10. The number of nitrogens with zero attached hydrogens (tertiary/aromatic N) is 2. The first-order valence-electron chi connectivity index (χ1n) is 7.98. The van der Waals surface area contributed by atoms with Gasteiger partial charge in [0.05, 0.1) is 16.2 Å². The molecule has 1 fully saturated rings. The topological polar surface area (TPSA) is 70.0 Å². The van der Waals surface area contributed by atoms with Crippen LogP contribution in [0.1, 0.15) is 15.9 Å². The first-order valence-corrected chi connectivity index (χ1v) is 9.59. The lowest BCUT2D eigenvalue weighted by molar-refractivity contribution is -0.121. The van der Waals surface area contributed by atoms with Crippen molar-refractivity contribution >= 4 is 56.5 Å². The number of benzene rings is 2. The van der Waals surface area contributed by atoms with E-state index in [-0.39, 0.29) is 11.5 Å². The molecule has 2 aromatic rings. The third-order valence-corrected chi connectivity index (χ3v) is 5.24. The molecule has 7 heteroatoms. The molecule has 0 spiro atoms. The van der Waals surface area contributed by atoms with E-state index in [0.29, 0.717) is 22.3 Å². The SMILES string of the molecule is C=CCN1C(=O)/C(=C/c2ccc(Br)cc2)SC1=Nc1ccc(C(=O)O)cc1. The van der Waals surface area contributed by atoms with E-state index >= 15 is 0 Å². The average molecular weight is 443 g/mol. The van der Waals surface area contributed by atoms with Gasteiger partial charge in [0.2, 0.25) is 0 Å². The lowest BCUT2D eigenvalue weighted by Crippen LogP contribution is -2.29. The second-order valence-electron chi connectivity index (χ2n) is 5.61. The minimum Gasteiger partial charge on any atom is -0.478 e. The summed E-state index contributed by atoms with van der Waals surface area (Å²) in [5.74, 6) is -1.13. The molecule has 5 nitrogen and oxygen atoms in total. The van der Waals surface area contributed by atoms with Crippen LogP contribution in [0.5, 0.6) is 0 Å². The molecule has 3 rings (SSSR count). The number of carbonyl (C=O) groups excluding carboxylic acids is 1. The number of amides is 1. The molecule has 1 aliphatic heterocycles. The fourth-order valence-electron chi connectivity index (χ4n) is 2.38. The Balaban J connectivity index is 1.91. The van der Waals surface area contributed by atoms with Crippen molar-refractivity contribution in [3.63, 3.8) is 0 Å². The van der Waals surface area contributed by atoms with Crippen molar-refractivity contribution in [3.05, 3.63) is 81.7 Å². The zero-order valence-corrected chi connectivity index (χ0v) is 16.5. The van der Waals surface area contributed by atoms with Crippen LogP contribution in [-0.4, -0.2) is 33.6 Å². The molecule has 0 radical (unpaired) electrons. The summed E-state index contributed by atoms with van der Waals surface area (Å²) in [6, 6.07) is 13.9. The van der Waals surface area contributed by atoms with Gasteiger partial charge in [-0.3, -0.25) is 9.69 Å². The number of aliphatic imine (C=N–C) groups is 1. The van der Waals surface area contributed by atoms with E-state index in [0.717, 1.165) is 10.0 Å². The van der Waals surface area contributed by atoms with Crippen molar-refractivity contribution in [2.24, 2.45) is 4.99 Å². The Hall–Kier alpha value is -2.64. The number of hydrogen-bond donors (Lipinski definition) is 1. The van der Waals surface area contributed by atoms with Crippen molar-refractivity contribution in [2.75, 3.05) is 6.54 Å². The lowest BCUT2D eigenvalue weighted by Gasteiger charge is -2.12. The monoisotopic (exact) mass is 442 g/mol. The van der Waals surface area contributed by atoms with E-state index in [4.69, 9.17) is 5.11 Å². The fourth-order valence-corrected chi connectivity index (χ4v) is 3.65. The van der Waals surface area contributed by atoms with E-state index in [1.54, 1.807) is 23.1 Å². The summed E-state index contributed by atoms with van der Waals surface area (Å²) in [6.07, 6.45) is 3.47. The van der Waals surface area contributed by atoms with Crippen molar-refractivity contribution in [2.45, 2.75) is 0 Å². The van der Waals surface area contributed by atoms with Crippen LogP contribution in [-0.2, 0) is 4.79 Å². The molecule has 0 aromatic heterocycles. The summed E-state index contributed by atoms with van der Waals surface area (Å²) >= 11 is 4.68. The van der Waals surface area contributed by atoms with Crippen molar-refractivity contribution in [1.29, 1.82) is 0 Å². The number of hydrogen-bond acceptors (Lipinski definition) is 4. The van der Waals surface area contributed by atoms with Gasteiger partial charge in [-0.2, -0.15) is 0 Å². The van der Waals surface area contributed by atoms with Crippen LogP contribution in [0, 0.1) is 0 Å². The number of carbonyl (C=O) groups is 2. The van der Waals surface area contributed by atoms with E-state index in [1.807, 2.05) is 30.3 Å². The number of carboxylic acids is 1. The number of carboxylic acid groups (broad SMARTS) is 1. The van der Waals surface area contributed by atoms with Crippen LogP contribution >= 0.6 is 27.7 Å². The number of thioether (sulfide) groups is 1. The summed E-state index contributed by atoms with van der Waals surface area (Å²) in [5.41, 5.74) is 1.68. The van der Waals surface area contributed by atoms with E-state index in [1.165, 1.54) is 23.9 Å². The third kappa shape index (κ3) is 4.56. The molecule has 0 aliphatic carbocycles. The van der Waals surface area contributed by atoms with Gasteiger partial charge in [0.25, 0.3) is 5.91 Å². The maximum atomic E-state index is 12.7. The molecule has 27 heavy (non-hydrogen) atoms. The predicted octanol–water partition coefficient (Wildman–Crippen LogP) is 4.94. The van der Waals surface area contributed by atoms with Crippen molar-refractivity contribution in [1.82, 2.24) is 4.90 Å². The summed E-state index contributed by atoms with van der Waals surface area (Å²) < 4.78 is 0.968. The van der Waals surface area contributed by atoms with Crippen molar-refractivity contribution in [3.8, 4) is 0 Å². The molecule has 0 atom stereocenters. The van der Waals surface area contributed by atoms with Gasteiger partial charge >= 0.3 is 5.97 Å². The fraction of sp³-hybridized carbons (Fsp3) is 0.0500. The molecular formula is C20H15BrN2O3S. The summed E-state index contributed by atoms with van der Waals surface area (Å²) in [5, 5.41) is 9.52. The van der Waals surface area contributed by atoms with Gasteiger partial charge in [-0.15, -0.1) is 6.58 Å². The molecule has 0 saturated carbocycles. The quantitative estimate of drug-likeness (QED) is 0.525. The van der Waals surface area contributed by atoms with Gasteiger partial charge in [0.15, 0.2) is 5.17 Å². The molecule has 1 aliphatic rings. The third-order valence-electron chi connectivity index (χ3n) is 3.71. The van der Waals surface area contributed by atoms with E-state index < -0.39 is 5.97 Å². The van der Waals surface area contributed by atoms with Gasteiger partial charge < -0.3 is 5.11 Å². The van der Waals surface area contributed by atoms with E-state index in [2.05, 4.69) is 27.5 Å². The Bertz CT molecular complexity index is 950. The standard InChI is InChI=1S/C20H15BrN2O3S/c1-2-11-23-18(24)17(12-13-3-7-15(21)8-4-13)27-20(23)22-16-9-5-14(6-10-16)19(25)26/h2-10,12H,1,11H2,(H,25,26)/b17-12-,22-20?. The highest BCUT2D eigenvalue weighted by atomic mass is 79.9. The number of rotatable bonds is 5. The average Bonchev–Trinajstić information content (AvgIpc) is 2.93. The van der Waals surface area contributed by atoms with Crippen LogP contribution in [0.25, 0.3) is 6.08 Å². The molecule has 1 amide bonds.